The van der Waals surface area contributed by atoms with Crippen molar-refractivity contribution in [1.29, 1.82) is 0 Å². The lowest BCUT2D eigenvalue weighted by Crippen LogP contribution is -2.27. The van der Waals surface area contributed by atoms with Gasteiger partial charge in [0.25, 0.3) is 0 Å². The number of hydrogen-bond acceptors (Lipinski definition) is 4. The lowest BCUT2D eigenvalue weighted by Gasteiger charge is -2.12. The number of carbonyl (C=O) groups is 1. The summed E-state index contributed by atoms with van der Waals surface area (Å²) in [5.41, 5.74) is 2.97. The number of tetrazole rings is 1. The molecule has 0 spiro atoms. The van der Waals surface area contributed by atoms with Crippen LogP contribution in [0, 0.1) is 6.92 Å². The largest absolute Gasteiger partial charge is 0.343 e. The summed E-state index contributed by atoms with van der Waals surface area (Å²) >= 11 is 3.44. The monoisotopic (exact) mass is 411 g/mol. The summed E-state index contributed by atoms with van der Waals surface area (Å²) in [6.07, 6.45) is 3.28. The summed E-state index contributed by atoms with van der Waals surface area (Å²) in [6.45, 7) is 3.87. The van der Waals surface area contributed by atoms with Crippen LogP contribution in [0.2, 0.25) is 0 Å². The highest BCUT2D eigenvalue weighted by atomic mass is 79.9. The molecule has 26 heavy (non-hydrogen) atoms. The number of halogens is 1. The number of hydrogen-bond donors (Lipinski definition) is 1. The maximum absolute atomic E-state index is 12.2. The van der Waals surface area contributed by atoms with Gasteiger partial charge in [-0.25, -0.2) is 0 Å². The standard InChI is InChI=1S/C19H18BrN5O/c1-13-6-8-15(9-7-13)10-11-18(26)21-14(2)19-22-23-24-25(19)17-5-3-4-16(20)12-17/h3-12,14H,1-2H3,(H,21,26)/b11-10+. The molecule has 1 atom stereocenters. The molecule has 1 unspecified atom stereocenters. The molecule has 0 radical (unpaired) electrons. The molecule has 0 aliphatic carbocycles. The van der Waals surface area contributed by atoms with Crippen LogP contribution in [0.1, 0.15) is 29.9 Å². The van der Waals surface area contributed by atoms with E-state index in [0.717, 1.165) is 15.7 Å². The summed E-state index contributed by atoms with van der Waals surface area (Å²) in [5, 5.41) is 14.7. The van der Waals surface area contributed by atoms with E-state index in [1.54, 1.807) is 10.8 Å². The number of carbonyl (C=O) groups excluding carboxylic acids is 1. The molecule has 0 saturated carbocycles. The highest BCUT2D eigenvalue weighted by Crippen LogP contribution is 2.18. The van der Waals surface area contributed by atoms with Crippen molar-refractivity contribution < 1.29 is 4.79 Å². The highest BCUT2D eigenvalue weighted by molar-refractivity contribution is 9.10. The van der Waals surface area contributed by atoms with Crippen LogP contribution < -0.4 is 5.32 Å². The smallest absolute Gasteiger partial charge is 0.244 e. The molecule has 0 aliphatic rings. The Bertz CT molecular complexity index is 933. The molecule has 1 aromatic heterocycles. The Morgan fingerprint density at radius 1 is 1.23 bits per heavy atom. The molecule has 0 saturated heterocycles. The van der Waals surface area contributed by atoms with Crippen LogP contribution >= 0.6 is 15.9 Å². The van der Waals surface area contributed by atoms with Crippen molar-refractivity contribution in [3.05, 3.63) is 76.0 Å². The van der Waals surface area contributed by atoms with E-state index in [1.807, 2.05) is 62.4 Å². The van der Waals surface area contributed by atoms with Crippen molar-refractivity contribution in [2.45, 2.75) is 19.9 Å². The average Bonchev–Trinajstić information content (AvgIpc) is 3.11. The summed E-state index contributed by atoms with van der Waals surface area (Å²) in [4.78, 5) is 12.2. The molecule has 1 N–H and O–H groups in total. The minimum absolute atomic E-state index is 0.207. The molecule has 2 aromatic carbocycles. The van der Waals surface area contributed by atoms with Gasteiger partial charge in [-0.05, 0) is 54.1 Å². The van der Waals surface area contributed by atoms with Gasteiger partial charge >= 0.3 is 0 Å². The quantitative estimate of drug-likeness (QED) is 0.650. The molecule has 6 nitrogen and oxygen atoms in total. The maximum Gasteiger partial charge on any atom is 0.244 e. The van der Waals surface area contributed by atoms with E-state index in [9.17, 15) is 4.79 Å². The molecule has 0 aliphatic heterocycles. The van der Waals surface area contributed by atoms with Gasteiger partial charge in [-0.2, -0.15) is 4.68 Å². The van der Waals surface area contributed by atoms with E-state index in [1.165, 1.54) is 11.6 Å². The Morgan fingerprint density at radius 3 is 2.73 bits per heavy atom. The third-order valence-electron chi connectivity index (χ3n) is 3.80. The molecule has 0 fully saturated rings. The summed E-state index contributed by atoms with van der Waals surface area (Å²) in [7, 11) is 0. The van der Waals surface area contributed by atoms with Gasteiger partial charge in [0.15, 0.2) is 5.82 Å². The molecule has 1 amide bonds. The van der Waals surface area contributed by atoms with Crippen LogP contribution in [0.25, 0.3) is 11.8 Å². The fraction of sp³-hybridized carbons (Fsp3) is 0.158. The predicted octanol–water partition coefficient (Wildman–Crippen LogP) is 3.62. The molecular weight excluding hydrogens is 394 g/mol. The number of nitrogens with one attached hydrogen (secondary N) is 1. The molecule has 0 bridgehead atoms. The van der Waals surface area contributed by atoms with Crippen LogP contribution in [-0.4, -0.2) is 26.1 Å². The first-order valence-electron chi connectivity index (χ1n) is 8.12. The number of rotatable bonds is 5. The molecule has 1 heterocycles. The van der Waals surface area contributed by atoms with E-state index in [-0.39, 0.29) is 11.9 Å². The van der Waals surface area contributed by atoms with Gasteiger partial charge in [-0.15, -0.1) is 5.10 Å². The fourth-order valence-electron chi connectivity index (χ4n) is 2.43. The zero-order valence-corrected chi connectivity index (χ0v) is 16.0. The number of amides is 1. The Morgan fingerprint density at radius 2 is 2.00 bits per heavy atom. The Hall–Kier alpha value is -2.80. The van der Waals surface area contributed by atoms with Gasteiger partial charge in [-0.3, -0.25) is 4.79 Å². The van der Waals surface area contributed by atoms with Gasteiger partial charge in [-0.1, -0.05) is 51.8 Å². The Labute approximate surface area is 160 Å². The van der Waals surface area contributed by atoms with Crippen LogP contribution in [0.3, 0.4) is 0 Å². The molecular formula is C19H18BrN5O. The van der Waals surface area contributed by atoms with E-state index in [2.05, 4.69) is 36.8 Å². The van der Waals surface area contributed by atoms with Crippen molar-refractivity contribution in [1.82, 2.24) is 25.5 Å². The molecule has 3 aromatic rings. The average molecular weight is 412 g/mol. The van der Waals surface area contributed by atoms with E-state index < -0.39 is 0 Å². The first-order valence-corrected chi connectivity index (χ1v) is 8.92. The zero-order chi connectivity index (χ0) is 18.5. The summed E-state index contributed by atoms with van der Waals surface area (Å²) in [6, 6.07) is 15.2. The summed E-state index contributed by atoms with van der Waals surface area (Å²) in [5.74, 6) is 0.349. The Balaban J connectivity index is 1.70. The van der Waals surface area contributed by atoms with Gasteiger partial charge in [0.1, 0.15) is 0 Å². The lowest BCUT2D eigenvalue weighted by molar-refractivity contribution is -0.117. The van der Waals surface area contributed by atoms with Crippen LogP contribution in [0.15, 0.2) is 59.1 Å². The second-order valence-electron chi connectivity index (χ2n) is 5.90. The molecule has 7 heteroatoms. The third kappa shape index (κ3) is 4.43. The minimum Gasteiger partial charge on any atom is -0.343 e. The Kier molecular flexibility index (Phi) is 5.58. The molecule has 132 valence electrons. The second-order valence-corrected chi connectivity index (χ2v) is 6.82. The van der Waals surface area contributed by atoms with E-state index in [0.29, 0.717) is 5.82 Å². The third-order valence-corrected chi connectivity index (χ3v) is 4.29. The first kappa shape index (κ1) is 18.0. The van der Waals surface area contributed by atoms with Crippen molar-refractivity contribution in [2.24, 2.45) is 0 Å². The number of aryl methyl sites for hydroxylation is 1. The van der Waals surface area contributed by atoms with Gasteiger partial charge in [0.05, 0.1) is 11.7 Å². The number of aromatic nitrogens is 4. The predicted molar refractivity (Wildman–Crippen MR) is 104 cm³/mol. The van der Waals surface area contributed by atoms with Crippen LogP contribution in [0.5, 0.6) is 0 Å². The van der Waals surface area contributed by atoms with Gasteiger partial charge < -0.3 is 5.32 Å². The van der Waals surface area contributed by atoms with Gasteiger partial charge in [0.2, 0.25) is 5.91 Å². The van der Waals surface area contributed by atoms with Crippen molar-refractivity contribution in [2.75, 3.05) is 0 Å². The van der Waals surface area contributed by atoms with Crippen molar-refractivity contribution in [3.63, 3.8) is 0 Å². The van der Waals surface area contributed by atoms with E-state index in [4.69, 9.17) is 0 Å². The first-order chi connectivity index (χ1) is 12.5. The topological polar surface area (TPSA) is 72.7 Å². The van der Waals surface area contributed by atoms with Crippen LogP contribution in [0.4, 0.5) is 0 Å². The number of nitrogens with zero attached hydrogens (tertiary/aromatic N) is 4. The van der Waals surface area contributed by atoms with E-state index >= 15 is 0 Å². The summed E-state index contributed by atoms with van der Waals surface area (Å²) < 4.78 is 2.54. The van der Waals surface area contributed by atoms with Crippen LogP contribution in [-0.2, 0) is 4.79 Å². The number of benzene rings is 2. The highest BCUT2D eigenvalue weighted by Gasteiger charge is 2.17. The fourth-order valence-corrected chi connectivity index (χ4v) is 2.82. The zero-order valence-electron chi connectivity index (χ0n) is 14.4. The van der Waals surface area contributed by atoms with Crippen molar-refractivity contribution in [3.8, 4) is 5.69 Å². The minimum atomic E-state index is -0.348. The molecule has 3 rings (SSSR count). The normalized spacial score (nSPS) is 12.3. The maximum atomic E-state index is 12.2. The van der Waals surface area contributed by atoms with Crippen molar-refractivity contribution >= 4 is 27.9 Å². The van der Waals surface area contributed by atoms with Gasteiger partial charge in [0, 0.05) is 10.5 Å². The lowest BCUT2D eigenvalue weighted by atomic mass is 10.1. The SMILES string of the molecule is Cc1ccc(/C=C/C(=O)NC(C)c2nnnn2-c2cccc(Br)c2)cc1. The second kappa shape index (κ2) is 8.05.